The van der Waals surface area contributed by atoms with Gasteiger partial charge >= 0.3 is 0 Å². The number of ether oxygens (including phenoxy) is 1. The fourth-order valence-electron chi connectivity index (χ4n) is 2.26. The van der Waals surface area contributed by atoms with Gasteiger partial charge in [-0.2, -0.15) is 0 Å². The second-order valence-electron chi connectivity index (χ2n) is 5.12. The Morgan fingerprint density at radius 3 is 2.33 bits per heavy atom. The smallest absolute Gasteiger partial charge is 0.0885 e. The molecule has 12 heavy (non-hydrogen) atoms. The normalized spacial score (nSPS) is 38.2. The van der Waals surface area contributed by atoms with Gasteiger partial charge < -0.3 is 9.84 Å². The van der Waals surface area contributed by atoms with Crippen LogP contribution in [0.4, 0.5) is 0 Å². The molecule has 1 N–H and O–H groups in total. The Morgan fingerprint density at radius 1 is 1.42 bits per heavy atom. The van der Waals surface area contributed by atoms with Crippen LogP contribution in [0.3, 0.4) is 0 Å². The van der Waals surface area contributed by atoms with Crippen molar-refractivity contribution in [2.75, 3.05) is 13.2 Å². The van der Waals surface area contributed by atoms with Crippen molar-refractivity contribution in [1.29, 1.82) is 0 Å². The molecule has 2 heteroatoms. The SMILES string of the molecule is CC(C)(C)[C@H]1CCOC[C@@]1(C)O. The van der Waals surface area contributed by atoms with Crippen LogP contribution >= 0.6 is 0 Å². The van der Waals surface area contributed by atoms with E-state index in [0.717, 1.165) is 13.0 Å². The van der Waals surface area contributed by atoms with E-state index < -0.39 is 5.60 Å². The molecule has 0 amide bonds. The van der Waals surface area contributed by atoms with Gasteiger partial charge in [0, 0.05) is 6.61 Å². The first-order valence-electron chi connectivity index (χ1n) is 4.64. The summed E-state index contributed by atoms with van der Waals surface area (Å²) in [5, 5.41) is 10.0. The number of hydrogen-bond acceptors (Lipinski definition) is 2. The lowest BCUT2D eigenvalue weighted by Crippen LogP contribution is -2.49. The maximum absolute atomic E-state index is 10.0. The lowest BCUT2D eigenvalue weighted by Gasteiger charge is -2.44. The van der Waals surface area contributed by atoms with Crippen molar-refractivity contribution in [2.45, 2.75) is 39.7 Å². The Bertz CT molecular complexity index is 156. The van der Waals surface area contributed by atoms with Gasteiger partial charge in [0.15, 0.2) is 0 Å². The van der Waals surface area contributed by atoms with Gasteiger partial charge in [-0.1, -0.05) is 20.8 Å². The van der Waals surface area contributed by atoms with Gasteiger partial charge in [-0.3, -0.25) is 0 Å². The highest BCUT2D eigenvalue weighted by molar-refractivity contribution is 4.91. The quantitative estimate of drug-likeness (QED) is 0.604. The molecule has 0 unspecified atom stereocenters. The fourth-order valence-corrected chi connectivity index (χ4v) is 2.26. The Labute approximate surface area is 74.9 Å². The third-order valence-electron chi connectivity index (χ3n) is 2.74. The van der Waals surface area contributed by atoms with Crippen LogP contribution in [-0.4, -0.2) is 23.9 Å². The summed E-state index contributed by atoms with van der Waals surface area (Å²) in [6.07, 6.45) is 0.969. The van der Waals surface area contributed by atoms with Crippen LogP contribution in [-0.2, 0) is 4.74 Å². The van der Waals surface area contributed by atoms with Crippen LogP contribution in [0.25, 0.3) is 0 Å². The van der Waals surface area contributed by atoms with Crippen molar-refractivity contribution in [3.63, 3.8) is 0 Å². The Hall–Kier alpha value is -0.0800. The van der Waals surface area contributed by atoms with Crippen LogP contribution < -0.4 is 0 Å². The topological polar surface area (TPSA) is 29.5 Å². The molecule has 0 spiro atoms. The molecule has 0 aliphatic carbocycles. The minimum atomic E-state index is -0.642. The van der Waals surface area contributed by atoms with Gasteiger partial charge in [-0.15, -0.1) is 0 Å². The molecule has 2 nitrogen and oxygen atoms in total. The summed E-state index contributed by atoms with van der Waals surface area (Å²) in [5.41, 5.74) is -0.468. The molecule has 1 heterocycles. The average Bonchev–Trinajstić information content (AvgIpc) is 1.83. The first-order valence-corrected chi connectivity index (χ1v) is 4.64. The van der Waals surface area contributed by atoms with Crippen molar-refractivity contribution >= 4 is 0 Å². The molecular formula is C10H20O2. The number of hydrogen-bond donors (Lipinski definition) is 1. The Balaban J connectivity index is 2.73. The predicted molar refractivity (Wildman–Crippen MR) is 49.0 cm³/mol. The summed E-state index contributed by atoms with van der Waals surface area (Å²) in [4.78, 5) is 0. The summed E-state index contributed by atoms with van der Waals surface area (Å²) in [5.74, 6) is 0.346. The second kappa shape index (κ2) is 3.00. The molecule has 1 aliphatic rings. The molecule has 0 aromatic carbocycles. The van der Waals surface area contributed by atoms with Gasteiger partial charge in [0.05, 0.1) is 12.2 Å². The van der Waals surface area contributed by atoms with Gasteiger partial charge in [-0.05, 0) is 24.7 Å². The van der Waals surface area contributed by atoms with E-state index in [2.05, 4.69) is 20.8 Å². The van der Waals surface area contributed by atoms with Crippen LogP contribution in [0.5, 0.6) is 0 Å². The van der Waals surface area contributed by atoms with Crippen molar-refractivity contribution in [1.82, 2.24) is 0 Å². The highest BCUT2D eigenvalue weighted by atomic mass is 16.5. The number of rotatable bonds is 0. The van der Waals surface area contributed by atoms with E-state index in [1.165, 1.54) is 0 Å². The van der Waals surface area contributed by atoms with E-state index in [4.69, 9.17) is 4.74 Å². The zero-order valence-electron chi connectivity index (χ0n) is 8.55. The Morgan fingerprint density at radius 2 is 2.00 bits per heavy atom. The van der Waals surface area contributed by atoms with E-state index in [1.807, 2.05) is 6.92 Å². The molecule has 0 aromatic heterocycles. The summed E-state index contributed by atoms with van der Waals surface area (Å²) in [6, 6.07) is 0. The predicted octanol–water partition coefficient (Wildman–Crippen LogP) is 1.82. The molecule has 0 aromatic rings. The summed E-state index contributed by atoms with van der Waals surface area (Å²) in [6.45, 7) is 9.68. The third kappa shape index (κ3) is 1.99. The monoisotopic (exact) mass is 172 g/mol. The number of aliphatic hydroxyl groups is 1. The largest absolute Gasteiger partial charge is 0.387 e. The van der Waals surface area contributed by atoms with Gasteiger partial charge in [-0.25, -0.2) is 0 Å². The fraction of sp³-hybridized carbons (Fsp3) is 1.00. The van der Waals surface area contributed by atoms with Crippen LogP contribution in [0.2, 0.25) is 0 Å². The maximum Gasteiger partial charge on any atom is 0.0885 e. The minimum absolute atomic E-state index is 0.174. The first-order chi connectivity index (χ1) is 5.34. The average molecular weight is 172 g/mol. The van der Waals surface area contributed by atoms with Crippen molar-refractivity contribution < 1.29 is 9.84 Å². The van der Waals surface area contributed by atoms with Crippen molar-refractivity contribution in [2.24, 2.45) is 11.3 Å². The van der Waals surface area contributed by atoms with E-state index >= 15 is 0 Å². The highest BCUT2D eigenvalue weighted by Crippen LogP contribution is 2.39. The molecule has 1 saturated heterocycles. The molecule has 1 fully saturated rings. The minimum Gasteiger partial charge on any atom is -0.387 e. The molecule has 2 atom stereocenters. The molecular weight excluding hydrogens is 152 g/mol. The molecule has 1 rings (SSSR count). The summed E-state index contributed by atoms with van der Waals surface area (Å²) < 4.78 is 5.26. The second-order valence-corrected chi connectivity index (χ2v) is 5.12. The lowest BCUT2D eigenvalue weighted by molar-refractivity contribution is -0.142. The molecule has 0 radical (unpaired) electrons. The molecule has 0 saturated carbocycles. The van der Waals surface area contributed by atoms with Crippen LogP contribution in [0, 0.1) is 11.3 Å². The lowest BCUT2D eigenvalue weighted by atomic mass is 9.69. The molecule has 0 bridgehead atoms. The molecule has 72 valence electrons. The van der Waals surface area contributed by atoms with Crippen molar-refractivity contribution in [3.05, 3.63) is 0 Å². The van der Waals surface area contributed by atoms with Gasteiger partial charge in [0.25, 0.3) is 0 Å². The van der Waals surface area contributed by atoms with E-state index in [9.17, 15) is 5.11 Å². The maximum atomic E-state index is 10.0. The van der Waals surface area contributed by atoms with E-state index in [1.54, 1.807) is 0 Å². The zero-order chi connectivity index (χ0) is 9.41. The standard InChI is InChI=1S/C10H20O2/c1-9(2,3)8-5-6-12-7-10(8,4)11/h8,11H,5-7H2,1-4H3/t8-,10-/m1/s1. The zero-order valence-corrected chi connectivity index (χ0v) is 8.55. The summed E-state index contributed by atoms with van der Waals surface area (Å²) in [7, 11) is 0. The van der Waals surface area contributed by atoms with E-state index in [-0.39, 0.29) is 5.41 Å². The first kappa shape index (κ1) is 10.0. The van der Waals surface area contributed by atoms with Gasteiger partial charge in [0.1, 0.15) is 0 Å². The molecule has 1 aliphatic heterocycles. The van der Waals surface area contributed by atoms with Crippen LogP contribution in [0.1, 0.15) is 34.1 Å². The third-order valence-corrected chi connectivity index (χ3v) is 2.74. The van der Waals surface area contributed by atoms with Crippen LogP contribution in [0.15, 0.2) is 0 Å². The van der Waals surface area contributed by atoms with Gasteiger partial charge in [0.2, 0.25) is 0 Å². The highest BCUT2D eigenvalue weighted by Gasteiger charge is 2.41. The summed E-state index contributed by atoms with van der Waals surface area (Å²) >= 11 is 0. The Kier molecular flexibility index (Phi) is 2.50. The van der Waals surface area contributed by atoms with Crippen molar-refractivity contribution in [3.8, 4) is 0 Å². The van der Waals surface area contributed by atoms with E-state index in [0.29, 0.717) is 12.5 Å².